The lowest BCUT2D eigenvalue weighted by Gasteiger charge is -2.15. The molecular formula is C21H20BrN3O3S. The fourth-order valence-corrected chi connectivity index (χ4v) is 3.73. The predicted molar refractivity (Wildman–Crippen MR) is 117 cm³/mol. The smallest absolute Gasteiger partial charge is 0.279 e. The van der Waals surface area contributed by atoms with Crippen LogP contribution in [0.5, 0.6) is 5.75 Å². The monoisotopic (exact) mass is 473 g/mol. The lowest BCUT2D eigenvalue weighted by atomic mass is 10.1. The molecule has 1 unspecified atom stereocenters. The van der Waals surface area contributed by atoms with Crippen LogP contribution in [0.4, 0.5) is 0 Å². The average molecular weight is 474 g/mol. The minimum Gasteiger partial charge on any atom is -0.481 e. The number of amides is 2. The zero-order chi connectivity index (χ0) is 20.8. The summed E-state index contributed by atoms with van der Waals surface area (Å²) in [7, 11) is 0. The van der Waals surface area contributed by atoms with Crippen LogP contribution in [0.25, 0.3) is 10.6 Å². The van der Waals surface area contributed by atoms with Crippen LogP contribution in [0.2, 0.25) is 0 Å². The van der Waals surface area contributed by atoms with Crippen molar-refractivity contribution in [2.24, 2.45) is 0 Å². The van der Waals surface area contributed by atoms with Crippen LogP contribution in [0.3, 0.4) is 0 Å². The van der Waals surface area contributed by atoms with E-state index in [-0.39, 0.29) is 12.3 Å². The highest BCUT2D eigenvalue weighted by Crippen LogP contribution is 2.24. The van der Waals surface area contributed by atoms with Gasteiger partial charge in [0.15, 0.2) is 6.10 Å². The molecule has 150 valence electrons. The number of hydrogen-bond acceptors (Lipinski definition) is 5. The molecule has 0 aliphatic carbocycles. The number of carbonyl (C=O) groups is 2. The molecule has 1 heterocycles. The molecule has 0 aliphatic heterocycles. The lowest BCUT2D eigenvalue weighted by molar-refractivity contribution is -0.132. The first-order valence-corrected chi connectivity index (χ1v) is 10.6. The minimum atomic E-state index is -0.767. The van der Waals surface area contributed by atoms with E-state index >= 15 is 0 Å². The molecule has 29 heavy (non-hydrogen) atoms. The Morgan fingerprint density at radius 2 is 1.97 bits per heavy atom. The van der Waals surface area contributed by atoms with E-state index in [0.29, 0.717) is 11.4 Å². The molecule has 2 amide bonds. The third kappa shape index (κ3) is 6.13. The van der Waals surface area contributed by atoms with Gasteiger partial charge in [0.1, 0.15) is 10.8 Å². The van der Waals surface area contributed by atoms with E-state index in [9.17, 15) is 9.59 Å². The van der Waals surface area contributed by atoms with Crippen LogP contribution < -0.4 is 15.6 Å². The number of ether oxygens (including phenoxy) is 1. The largest absolute Gasteiger partial charge is 0.481 e. The molecule has 6 nitrogen and oxygen atoms in total. The van der Waals surface area contributed by atoms with Crippen molar-refractivity contribution in [2.45, 2.75) is 26.4 Å². The van der Waals surface area contributed by atoms with Gasteiger partial charge >= 0.3 is 0 Å². The summed E-state index contributed by atoms with van der Waals surface area (Å²) in [4.78, 5) is 28.8. The Morgan fingerprint density at radius 3 is 2.72 bits per heavy atom. The van der Waals surface area contributed by atoms with Gasteiger partial charge in [0, 0.05) is 15.4 Å². The van der Waals surface area contributed by atoms with Crippen molar-refractivity contribution in [3.8, 4) is 16.3 Å². The summed E-state index contributed by atoms with van der Waals surface area (Å²) in [6.07, 6.45) is -0.694. The normalized spacial score (nSPS) is 11.6. The number of hydrogen-bond donors (Lipinski definition) is 2. The Balaban J connectivity index is 1.49. The van der Waals surface area contributed by atoms with Crippen molar-refractivity contribution in [3.05, 3.63) is 69.6 Å². The Hall–Kier alpha value is -2.71. The zero-order valence-electron chi connectivity index (χ0n) is 15.9. The second kappa shape index (κ2) is 9.67. The third-order valence-corrected chi connectivity index (χ3v) is 5.40. The van der Waals surface area contributed by atoms with Crippen molar-refractivity contribution in [1.82, 2.24) is 15.8 Å². The second-order valence-corrected chi connectivity index (χ2v) is 8.22. The Morgan fingerprint density at radius 1 is 1.17 bits per heavy atom. The summed E-state index contributed by atoms with van der Waals surface area (Å²) in [5.74, 6) is -0.245. The van der Waals surface area contributed by atoms with Crippen LogP contribution in [-0.4, -0.2) is 22.9 Å². The van der Waals surface area contributed by atoms with Gasteiger partial charge in [-0.25, -0.2) is 4.98 Å². The second-order valence-electron chi connectivity index (χ2n) is 6.45. The summed E-state index contributed by atoms with van der Waals surface area (Å²) in [5.41, 5.74) is 7.61. The van der Waals surface area contributed by atoms with Crippen molar-refractivity contribution >= 4 is 39.1 Å². The quantitative estimate of drug-likeness (QED) is 0.529. The predicted octanol–water partition coefficient (Wildman–Crippen LogP) is 4.04. The SMILES string of the molecule is Cc1cccc(-c2nc(CC(=O)NNC(=O)C(C)Oc3cccc(Br)c3)cs2)c1. The summed E-state index contributed by atoms with van der Waals surface area (Å²) < 4.78 is 6.42. The standard InChI is InChI=1S/C21H20BrN3O3S/c1-13-5-3-6-15(9-13)21-23-17(12-29-21)11-19(26)24-25-20(27)14(2)28-18-8-4-7-16(22)10-18/h3-10,12,14H,11H2,1-2H3,(H,24,26)(H,25,27). The van der Waals surface area contributed by atoms with Crippen molar-refractivity contribution in [2.75, 3.05) is 0 Å². The van der Waals surface area contributed by atoms with Crippen LogP contribution in [0, 0.1) is 6.92 Å². The number of aryl methyl sites for hydroxylation is 1. The van der Waals surface area contributed by atoms with E-state index in [0.717, 1.165) is 20.6 Å². The van der Waals surface area contributed by atoms with Gasteiger partial charge in [0.2, 0.25) is 5.91 Å². The molecule has 1 atom stereocenters. The lowest BCUT2D eigenvalue weighted by Crippen LogP contribution is -2.47. The van der Waals surface area contributed by atoms with Crippen molar-refractivity contribution in [3.63, 3.8) is 0 Å². The number of halogens is 1. The molecule has 8 heteroatoms. The van der Waals surface area contributed by atoms with Gasteiger partial charge < -0.3 is 4.74 Å². The number of rotatable bonds is 6. The molecule has 0 radical (unpaired) electrons. The van der Waals surface area contributed by atoms with E-state index < -0.39 is 12.0 Å². The summed E-state index contributed by atoms with van der Waals surface area (Å²) in [6, 6.07) is 15.2. The average Bonchev–Trinajstić information content (AvgIpc) is 3.14. The highest BCUT2D eigenvalue weighted by Gasteiger charge is 2.16. The third-order valence-electron chi connectivity index (χ3n) is 3.96. The minimum absolute atomic E-state index is 0.0729. The molecule has 3 rings (SSSR count). The molecule has 2 aromatic carbocycles. The maximum absolute atomic E-state index is 12.1. The fraction of sp³-hybridized carbons (Fsp3) is 0.190. The van der Waals surface area contributed by atoms with E-state index in [2.05, 4.69) is 37.8 Å². The number of hydrazine groups is 1. The number of aromatic nitrogens is 1. The highest BCUT2D eigenvalue weighted by atomic mass is 79.9. The summed E-state index contributed by atoms with van der Waals surface area (Å²) >= 11 is 4.83. The molecule has 0 aliphatic rings. The molecule has 0 saturated heterocycles. The molecule has 0 saturated carbocycles. The van der Waals surface area contributed by atoms with Crippen LogP contribution in [-0.2, 0) is 16.0 Å². The van der Waals surface area contributed by atoms with Gasteiger partial charge in [-0.05, 0) is 38.1 Å². The van der Waals surface area contributed by atoms with Gasteiger partial charge in [0.25, 0.3) is 5.91 Å². The maximum Gasteiger partial charge on any atom is 0.279 e. The van der Waals surface area contributed by atoms with Crippen LogP contribution in [0.1, 0.15) is 18.2 Å². The first-order chi connectivity index (χ1) is 13.9. The van der Waals surface area contributed by atoms with Crippen LogP contribution >= 0.6 is 27.3 Å². The first kappa shape index (κ1) is 21.0. The number of carbonyl (C=O) groups excluding carboxylic acids is 2. The Bertz CT molecular complexity index is 1020. The molecular weight excluding hydrogens is 454 g/mol. The molecule has 0 fully saturated rings. The van der Waals surface area contributed by atoms with E-state index in [1.165, 1.54) is 11.3 Å². The van der Waals surface area contributed by atoms with Gasteiger partial charge in [-0.3, -0.25) is 20.4 Å². The number of benzene rings is 2. The number of nitrogens with one attached hydrogen (secondary N) is 2. The molecule has 0 spiro atoms. The van der Waals surface area contributed by atoms with Crippen molar-refractivity contribution in [1.29, 1.82) is 0 Å². The van der Waals surface area contributed by atoms with E-state index in [1.54, 1.807) is 19.1 Å². The van der Waals surface area contributed by atoms with Crippen LogP contribution in [0.15, 0.2) is 58.4 Å². The highest BCUT2D eigenvalue weighted by molar-refractivity contribution is 9.10. The maximum atomic E-state index is 12.1. The van der Waals surface area contributed by atoms with Gasteiger partial charge in [0.05, 0.1) is 12.1 Å². The van der Waals surface area contributed by atoms with Crippen molar-refractivity contribution < 1.29 is 14.3 Å². The Labute approximate surface area is 181 Å². The van der Waals surface area contributed by atoms with E-state index in [1.807, 2.05) is 42.6 Å². The number of thiazole rings is 1. The van der Waals surface area contributed by atoms with Gasteiger partial charge in [-0.2, -0.15) is 0 Å². The molecule has 1 aromatic heterocycles. The molecule has 0 bridgehead atoms. The fourth-order valence-electron chi connectivity index (χ4n) is 2.54. The Kier molecular flexibility index (Phi) is 7.00. The summed E-state index contributed by atoms with van der Waals surface area (Å²) in [6.45, 7) is 3.63. The molecule has 3 aromatic rings. The number of nitrogens with zero attached hydrogens (tertiary/aromatic N) is 1. The first-order valence-electron chi connectivity index (χ1n) is 8.93. The molecule has 2 N–H and O–H groups in total. The zero-order valence-corrected chi connectivity index (χ0v) is 18.3. The van der Waals surface area contributed by atoms with Gasteiger partial charge in [-0.15, -0.1) is 11.3 Å². The summed E-state index contributed by atoms with van der Waals surface area (Å²) in [5, 5.41) is 2.70. The van der Waals surface area contributed by atoms with Gasteiger partial charge in [-0.1, -0.05) is 45.8 Å². The van der Waals surface area contributed by atoms with E-state index in [4.69, 9.17) is 4.74 Å². The topological polar surface area (TPSA) is 80.3 Å².